The van der Waals surface area contributed by atoms with Crippen LogP contribution in [0.5, 0.6) is 0 Å². The van der Waals surface area contributed by atoms with Crippen LogP contribution in [0.15, 0.2) is 0 Å². The number of carbonyl (C=O) groups is 1. The molecule has 1 fully saturated rings. The second-order valence-corrected chi connectivity index (χ2v) is 5.48. The quantitative estimate of drug-likeness (QED) is 0.725. The van der Waals surface area contributed by atoms with Gasteiger partial charge in [0.25, 0.3) is 0 Å². The van der Waals surface area contributed by atoms with Crippen molar-refractivity contribution in [2.45, 2.75) is 58.3 Å². The minimum atomic E-state index is -0.237. The summed E-state index contributed by atoms with van der Waals surface area (Å²) >= 11 is 0. The van der Waals surface area contributed by atoms with Gasteiger partial charge in [-0.15, -0.1) is 0 Å². The smallest absolute Gasteiger partial charge is 0.229 e. The topological polar surface area (TPSA) is 46.3 Å². The summed E-state index contributed by atoms with van der Waals surface area (Å²) in [7, 11) is 1.93. The number of unbranched alkanes of at least 4 members (excludes halogenated alkanes) is 2. The molecule has 0 bridgehead atoms. The molecular formula is C14H28N2O. The van der Waals surface area contributed by atoms with E-state index in [9.17, 15) is 4.79 Å². The van der Waals surface area contributed by atoms with E-state index in [2.05, 4.69) is 6.92 Å². The Kier molecular flexibility index (Phi) is 5.96. The Balaban J connectivity index is 2.52. The van der Waals surface area contributed by atoms with E-state index in [1.165, 1.54) is 19.3 Å². The molecule has 0 radical (unpaired) electrons. The van der Waals surface area contributed by atoms with Gasteiger partial charge in [-0.25, -0.2) is 0 Å². The van der Waals surface area contributed by atoms with Crippen LogP contribution >= 0.6 is 0 Å². The zero-order valence-electron chi connectivity index (χ0n) is 11.5. The van der Waals surface area contributed by atoms with Crippen molar-refractivity contribution in [2.75, 3.05) is 20.1 Å². The maximum absolute atomic E-state index is 12.5. The highest BCUT2D eigenvalue weighted by atomic mass is 16.2. The van der Waals surface area contributed by atoms with Crippen LogP contribution in [0.2, 0.25) is 0 Å². The molecule has 1 aliphatic carbocycles. The summed E-state index contributed by atoms with van der Waals surface area (Å²) in [5.74, 6) is 0.288. The van der Waals surface area contributed by atoms with Crippen LogP contribution in [0.25, 0.3) is 0 Å². The molecule has 1 amide bonds. The monoisotopic (exact) mass is 240 g/mol. The first kappa shape index (κ1) is 14.5. The molecule has 0 spiro atoms. The summed E-state index contributed by atoms with van der Waals surface area (Å²) in [4.78, 5) is 14.4. The minimum absolute atomic E-state index is 0.237. The van der Waals surface area contributed by atoms with E-state index in [-0.39, 0.29) is 11.3 Å². The van der Waals surface area contributed by atoms with Crippen molar-refractivity contribution in [1.29, 1.82) is 0 Å². The molecule has 0 aromatic heterocycles. The Labute approximate surface area is 106 Å². The Bertz CT molecular complexity index is 234. The van der Waals surface area contributed by atoms with Crippen LogP contribution in [0.1, 0.15) is 58.3 Å². The first-order valence-corrected chi connectivity index (χ1v) is 7.12. The number of carbonyl (C=O) groups excluding carboxylic acids is 1. The number of hydrogen-bond donors (Lipinski definition) is 1. The van der Waals surface area contributed by atoms with Gasteiger partial charge in [0.05, 0.1) is 5.41 Å². The molecule has 1 saturated carbocycles. The largest absolute Gasteiger partial charge is 0.345 e. The van der Waals surface area contributed by atoms with E-state index in [0.29, 0.717) is 6.54 Å². The predicted octanol–water partition coefficient (Wildman–Crippen LogP) is 2.54. The third-order valence-electron chi connectivity index (χ3n) is 4.10. The maximum Gasteiger partial charge on any atom is 0.229 e. The summed E-state index contributed by atoms with van der Waals surface area (Å²) in [6.45, 7) is 3.59. The van der Waals surface area contributed by atoms with Crippen LogP contribution in [0.3, 0.4) is 0 Å². The fourth-order valence-corrected chi connectivity index (χ4v) is 2.84. The Morgan fingerprint density at radius 3 is 2.41 bits per heavy atom. The van der Waals surface area contributed by atoms with E-state index in [4.69, 9.17) is 5.73 Å². The lowest BCUT2D eigenvalue weighted by Crippen LogP contribution is -2.48. The number of rotatable bonds is 6. The van der Waals surface area contributed by atoms with Crippen LogP contribution < -0.4 is 5.73 Å². The van der Waals surface area contributed by atoms with Crippen molar-refractivity contribution >= 4 is 5.91 Å². The van der Waals surface area contributed by atoms with Gasteiger partial charge in [0.15, 0.2) is 0 Å². The van der Waals surface area contributed by atoms with Gasteiger partial charge in [-0.2, -0.15) is 0 Å². The first-order chi connectivity index (χ1) is 8.16. The summed E-state index contributed by atoms with van der Waals surface area (Å²) in [5.41, 5.74) is 5.65. The normalized spacial score (nSPS) is 19.0. The average Bonchev–Trinajstić information content (AvgIpc) is 2.38. The Hall–Kier alpha value is -0.570. The van der Waals surface area contributed by atoms with Gasteiger partial charge >= 0.3 is 0 Å². The zero-order valence-corrected chi connectivity index (χ0v) is 11.5. The number of amides is 1. The fourth-order valence-electron chi connectivity index (χ4n) is 2.84. The van der Waals surface area contributed by atoms with Gasteiger partial charge in [-0.3, -0.25) is 4.79 Å². The fraction of sp³-hybridized carbons (Fsp3) is 0.929. The molecule has 3 nitrogen and oxygen atoms in total. The van der Waals surface area contributed by atoms with Crippen molar-refractivity contribution in [1.82, 2.24) is 4.90 Å². The van der Waals surface area contributed by atoms with Crippen LogP contribution in [-0.4, -0.2) is 30.9 Å². The van der Waals surface area contributed by atoms with Crippen molar-refractivity contribution in [3.63, 3.8) is 0 Å². The van der Waals surface area contributed by atoms with Gasteiger partial charge in [-0.05, 0) is 19.3 Å². The maximum atomic E-state index is 12.5. The number of nitrogens with two attached hydrogens (primary N) is 1. The summed E-state index contributed by atoms with van der Waals surface area (Å²) in [5, 5.41) is 0. The lowest BCUT2D eigenvalue weighted by molar-refractivity contribution is -0.142. The van der Waals surface area contributed by atoms with Crippen LogP contribution in [-0.2, 0) is 4.79 Å². The molecule has 0 aromatic rings. The second-order valence-electron chi connectivity index (χ2n) is 5.48. The third kappa shape index (κ3) is 3.70. The molecule has 1 rings (SSSR count). The highest BCUT2D eigenvalue weighted by Crippen LogP contribution is 2.36. The van der Waals surface area contributed by atoms with E-state index in [1.807, 2.05) is 11.9 Å². The Morgan fingerprint density at radius 2 is 1.88 bits per heavy atom. The third-order valence-corrected chi connectivity index (χ3v) is 4.10. The van der Waals surface area contributed by atoms with Crippen molar-refractivity contribution in [3.05, 3.63) is 0 Å². The molecule has 0 saturated heterocycles. The van der Waals surface area contributed by atoms with E-state index in [0.717, 1.165) is 38.6 Å². The van der Waals surface area contributed by atoms with Gasteiger partial charge < -0.3 is 10.6 Å². The number of nitrogens with zero attached hydrogens (tertiary/aromatic N) is 1. The van der Waals surface area contributed by atoms with Gasteiger partial charge in [0.1, 0.15) is 0 Å². The molecule has 1 aliphatic rings. The second kappa shape index (κ2) is 7.00. The molecule has 3 heteroatoms. The molecule has 100 valence electrons. The lowest BCUT2D eigenvalue weighted by Gasteiger charge is -2.37. The van der Waals surface area contributed by atoms with Crippen molar-refractivity contribution in [2.24, 2.45) is 11.1 Å². The van der Waals surface area contributed by atoms with E-state index < -0.39 is 0 Å². The SMILES string of the molecule is CCCCCN(C)C(=O)C1(CN)CCCCC1. The van der Waals surface area contributed by atoms with Gasteiger partial charge in [0, 0.05) is 20.1 Å². The van der Waals surface area contributed by atoms with Crippen LogP contribution in [0, 0.1) is 5.41 Å². The lowest BCUT2D eigenvalue weighted by atomic mass is 9.73. The Morgan fingerprint density at radius 1 is 1.24 bits per heavy atom. The van der Waals surface area contributed by atoms with E-state index >= 15 is 0 Å². The summed E-state index contributed by atoms with van der Waals surface area (Å²) in [6.07, 6.45) is 9.06. The van der Waals surface area contributed by atoms with Crippen molar-refractivity contribution < 1.29 is 4.79 Å². The molecule has 0 aliphatic heterocycles. The standard InChI is InChI=1S/C14H28N2O/c1-3-4-8-11-16(2)13(17)14(12-15)9-6-5-7-10-14/h3-12,15H2,1-2H3. The molecule has 0 unspecified atom stereocenters. The molecular weight excluding hydrogens is 212 g/mol. The molecule has 2 N–H and O–H groups in total. The molecule has 0 aromatic carbocycles. The summed E-state index contributed by atoms with van der Waals surface area (Å²) in [6, 6.07) is 0. The van der Waals surface area contributed by atoms with Gasteiger partial charge in [0.2, 0.25) is 5.91 Å². The molecule has 0 heterocycles. The highest BCUT2D eigenvalue weighted by Gasteiger charge is 2.39. The minimum Gasteiger partial charge on any atom is -0.345 e. The zero-order chi connectivity index (χ0) is 12.7. The highest BCUT2D eigenvalue weighted by molar-refractivity contribution is 5.82. The number of hydrogen-bond acceptors (Lipinski definition) is 2. The van der Waals surface area contributed by atoms with Gasteiger partial charge in [-0.1, -0.05) is 39.0 Å². The van der Waals surface area contributed by atoms with E-state index in [1.54, 1.807) is 0 Å². The molecule has 0 atom stereocenters. The van der Waals surface area contributed by atoms with Crippen LogP contribution in [0.4, 0.5) is 0 Å². The predicted molar refractivity (Wildman–Crippen MR) is 71.7 cm³/mol. The summed E-state index contributed by atoms with van der Waals surface area (Å²) < 4.78 is 0. The average molecular weight is 240 g/mol. The van der Waals surface area contributed by atoms with Crippen molar-refractivity contribution in [3.8, 4) is 0 Å². The molecule has 17 heavy (non-hydrogen) atoms. The first-order valence-electron chi connectivity index (χ1n) is 7.12.